The van der Waals surface area contributed by atoms with Gasteiger partial charge in [0, 0.05) is 39.3 Å². The number of rotatable bonds is 7. The maximum Gasteiger partial charge on any atom is 0.191 e. The van der Waals surface area contributed by atoms with E-state index in [1.807, 2.05) is 11.6 Å². The molecule has 1 aliphatic heterocycles. The average Bonchev–Trinajstić information content (AvgIpc) is 2.98. The number of ether oxygens (including phenoxy) is 1. The molecule has 1 atom stereocenters. The molecule has 1 aromatic heterocycles. The Balaban J connectivity index is 1.93. The fourth-order valence-electron chi connectivity index (χ4n) is 2.84. The Morgan fingerprint density at radius 2 is 2.08 bits per heavy atom. The predicted octanol–water partition coefficient (Wildman–Crippen LogP) is 0.227. The van der Waals surface area contributed by atoms with Crippen molar-refractivity contribution in [3.05, 3.63) is 12.2 Å². The van der Waals surface area contributed by atoms with Gasteiger partial charge in [-0.3, -0.25) is 4.90 Å². The topological polar surface area (TPSA) is 79.6 Å². The average molecular weight is 337 g/mol. The van der Waals surface area contributed by atoms with Crippen molar-refractivity contribution < 1.29 is 4.74 Å². The highest BCUT2D eigenvalue weighted by Gasteiger charge is 2.23. The first-order valence-corrected chi connectivity index (χ1v) is 8.78. The SMILES string of the molecule is CCNC(=NCc1nncn1C)NCC(C(C)C)N1CCOCC1. The summed E-state index contributed by atoms with van der Waals surface area (Å²) in [7, 11) is 1.93. The number of nitrogens with zero attached hydrogens (tertiary/aromatic N) is 5. The molecule has 2 rings (SSSR count). The number of hydrogen-bond acceptors (Lipinski definition) is 5. The summed E-state index contributed by atoms with van der Waals surface area (Å²) in [5.74, 6) is 2.23. The summed E-state index contributed by atoms with van der Waals surface area (Å²) in [6, 6.07) is 0.465. The molecule has 0 bridgehead atoms. The minimum atomic E-state index is 0.465. The van der Waals surface area contributed by atoms with Gasteiger partial charge in [0.05, 0.1) is 13.2 Å². The largest absolute Gasteiger partial charge is 0.379 e. The third-order valence-corrected chi connectivity index (χ3v) is 4.29. The fraction of sp³-hybridized carbons (Fsp3) is 0.812. The van der Waals surface area contributed by atoms with E-state index in [0.717, 1.165) is 51.2 Å². The Morgan fingerprint density at radius 3 is 2.67 bits per heavy atom. The van der Waals surface area contributed by atoms with E-state index in [1.54, 1.807) is 6.33 Å². The maximum atomic E-state index is 5.47. The molecular formula is C16H31N7O. The number of aliphatic imine (C=N–C) groups is 1. The summed E-state index contributed by atoms with van der Waals surface area (Å²) < 4.78 is 7.36. The smallest absolute Gasteiger partial charge is 0.191 e. The maximum absolute atomic E-state index is 5.47. The van der Waals surface area contributed by atoms with E-state index in [1.165, 1.54) is 0 Å². The Bertz CT molecular complexity index is 508. The van der Waals surface area contributed by atoms with Crippen molar-refractivity contribution in [2.45, 2.75) is 33.4 Å². The highest BCUT2D eigenvalue weighted by Crippen LogP contribution is 2.12. The molecule has 1 fully saturated rings. The molecule has 0 amide bonds. The van der Waals surface area contributed by atoms with Crippen LogP contribution in [-0.2, 0) is 18.3 Å². The summed E-state index contributed by atoms with van der Waals surface area (Å²) in [5.41, 5.74) is 0. The minimum absolute atomic E-state index is 0.465. The Labute approximate surface area is 144 Å². The number of aryl methyl sites for hydroxylation is 1. The van der Waals surface area contributed by atoms with Gasteiger partial charge in [-0.1, -0.05) is 13.8 Å². The third-order valence-electron chi connectivity index (χ3n) is 4.29. The van der Waals surface area contributed by atoms with Crippen LogP contribution in [0.3, 0.4) is 0 Å². The van der Waals surface area contributed by atoms with Gasteiger partial charge in [0.2, 0.25) is 0 Å². The van der Waals surface area contributed by atoms with E-state index >= 15 is 0 Å². The minimum Gasteiger partial charge on any atom is -0.379 e. The molecule has 2 N–H and O–H groups in total. The highest BCUT2D eigenvalue weighted by atomic mass is 16.5. The standard InChI is InChI=1S/C16H31N7O/c1-5-17-16(19-11-15-21-20-12-22(15)4)18-10-14(13(2)3)23-6-8-24-9-7-23/h12-14H,5-11H2,1-4H3,(H2,17,18,19). The van der Waals surface area contributed by atoms with Crippen LogP contribution < -0.4 is 10.6 Å². The second-order valence-corrected chi connectivity index (χ2v) is 6.39. The van der Waals surface area contributed by atoms with Crippen molar-refractivity contribution >= 4 is 5.96 Å². The van der Waals surface area contributed by atoms with Crippen LogP contribution >= 0.6 is 0 Å². The second kappa shape index (κ2) is 9.58. The molecule has 1 aromatic rings. The monoisotopic (exact) mass is 337 g/mol. The number of morpholine rings is 1. The van der Waals surface area contributed by atoms with Gasteiger partial charge >= 0.3 is 0 Å². The van der Waals surface area contributed by atoms with Crippen LogP contribution in [0.2, 0.25) is 0 Å². The summed E-state index contributed by atoms with van der Waals surface area (Å²) in [6.07, 6.45) is 1.69. The van der Waals surface area contributed by atoms with Crippen molar-refractivity contribution in [2.24, 2.45) is 18.0 Å². The quantitative estimate of drug-likeness (QED) is 0.548. The van der Waals surface area contributed by atoms with Gasteiger partial charge in [-0.15, -0.1) is 10.2 Å². The number of aromatic nitrogens is 3. The third kappa shape index (κ3) is 5.45. The first-order chi connectivity index (χ1) is 11.6. The van der Waals surface area contributed by atoms with E-state index < -0.39 is 0 Å². The first kappa shape index (κ1) is 18.7. The summed E-state index contributed by atoms with van der Waals surface area (Å²) in [6.45, 7) is 12.5. The van der Waals surface area contributed by atoms with Crippen LogP contribution in [0.25, 0.3) is 0 Å². The van der Waals surface area contributed by atoms with Crippen LogP contribution in [0.1, 0.15) is 26.6 Å². The zero-order valence-corrected chi connectivity index (χ0v) is 15.3. The molecule has 0 radical (unpaired) electrons. The highest BCUT2D eigenvalue weighted by molar-refractivity contribution is 5.79. The zero-order valence-electron chi connectivity index (χ0n) is 15.3. The molecule has 0 aromatic carbocycles. The van der Waals surface area contributed by atoms with Crippen LogP contribution in [0.4, 0.5) is 0 Å². The van der Waals surface area contributed by atoms with Crippen LogP contribution in [0.15, 0.2) is 11.3 Å². The van der Waals surface area contributed by atoms with Crippen molar-refractivity contribution in [2.75, 3.05) is 39.4 Å². The zero-order chi connectivity index (χ0) is 17.4. The molecule has 1 unspecified atom stereocenters. The van der Waals surface area contributed by atoms with E-state index in [4.69, 9.17) is 4.74 Å². The molecule has 2 heterocycles. The molecule has 136 valence electrons. The van der Waals surface area contributed by atoms with Gasteiger partial charge in [-0.2, -0.15) is 0 Å². The number of hydrogen-bond donors (Lipinski definition) is 2. The molecule has 8 nitrogen and oxygen atoms in total. The molecule has 0 saturated carbocycles. The van der Waals surface area contributed by atoms with Crippen LogP contribution in [0.5, 0.6) is 0 Å². The normalized spacial score (nSPS) is 18.0. The Hall–Kier alpha value is -1.67. The first-order valence-electron chi connectivity index (χ1n) is 8.78. The van der Waals surface area contributed by atoms with Crippen molar-refractivity contribution in [3.63, 3.8) is 0 Å². The molecule has 1 aliphatic rings. The van der Waals surface area contributed by atoms with E-state index in [9.17, 15) is 0 Å². The lowest BCUT2D eigenvalue weighted by molar-refractivity contribution is 0.00752. The van der Waals surface area contributed by atoms with Gasteiger partial charge in [0.1, 0.15) is 12.9 Å². The number of nitrogens with one attached hydrogen (secondary N) is 2. The van der Waals surface area contributed by atoms with Gasteiger partial charge in [0.25, 0.3) is 0 Å². The number of guanidine groups is 1. The fourth-order valence-corrected chi connectivity index (χ4v) is 2.84. The van der Waals surface area contributed by atoms with Gasteiger partial charge < -0.3 is 19.9 Å². The van der Waals surface area contributed by atoms with Crippen molar-refractivity contribution in [3.8, 4) is 0 Å². The van der Waals surface area contributed by atoms with Crippen molar-refractivity contribution in [1.29, 1.82) is 0 Å². The molecule has 0 aliphatic carbocycles. The van der Waals surface area contributed by atoms with Crippen LogP contribution in [-0.4, -0.2) is 71.1 Å². The predicted molar refractivity (Wildman–Crippen MR) is 94.8 cm³/mol. The lowest BCUT2D eigenvalue weighted by atomic mass is 10.0. The molecule has 8 heteroatoms. The Kier molecular flexibility index (Phi) is 7.45. The lowest BCUT2D eigenvalue weighted by Crippen LogP contribution is -2.52. The summed E-state index contributed by atoms with van der Waals surface area (Å²) >= 11 is 0. The van der Waals surface area contributed by atoms with Gasteiger partial charge in [-0.05, 0) is 12.8 Å². The van der Waals surface area contributed by atoms with Crippen LogP contribution in [0, 0.1) is 5.92 Å². The molecule has 1 saturated heterocycles. The van der Waals surface area contributed by atoms with E-state index in [-0.39, 0.29) is 0 Å². The van der Waals surface area contributed by atoms with Gasteiger partial charge in [0.15, 0.2) is 11.8 Å². The molecule has 24 heavy (non-hydrogen) atoms. The summed E-state index contributed by atoms with van der Waals surface area (Å²) in [5, 5.41) is 14.7. The van der Waals surface area contributed by atoms with E-state index in [0.29, 0.717) is 18.5 Å². The van der Waals surface area contributed by atoms with E-state index in [2.05, 4.69) is 51.5 Å². The van der Waals surface area contributed by atoms with Gasteiger partial charge in [-0.25, -0.2) is 4.99 Å². The second-order valence-electron chi connectivity index (χ2n) is 6.39. The molecule has 0 spiro atoms. The summed E-state index contributed by atoms with van der Waals surface area (Å²) in [4.78, 5) is 7.13. The Morgan fingerprint density at radius 1 is 1.33 bits per heavy atom. The lowest BCUT2D eigenvalue weighted by Gasteiger charge is -2.37. The molecular weight excluding hydrogens is 306 g/mol. The van der Waals surface area contributed by atoms with Crippen molar-refractivity contribution in [1.82, 2.24) is 30.3 Å².